The van der Waals surface area contributed by atoms with Gasteiger partial charge in [0, 0.05) is 32.9 Å². The molecule has 0 amide bonds. The Morgan fingerprint density at radius 3 is 1.41 bits per heavy atom. The van der Waals surface area contributed by atoms with Gasteiger partial charge >= 0.3 is 0 Å². The molecule has 4 heterocycles. The quantitative estimate of drug-likeness (QED) is 0.165. The monoisotopic (exact) mass is 877 g/mol. The molecule has 0 spiro atoms. The summed E-state index contributed by atoms with van der Waals surface area (Å²) in [4.78, 5) is 0. The van der Waals surface area contributed by atoms with E-state index < -0.39 is 25.5 Å². The molecular formula is C62H64N2O2+2. The lowest BCUT2D eigenvalue weighted by Gasteiger charge is -2.34. The van der Waals surface area contributed by atoms with Crippen LogP contribution in [-0.4, -0.2) is 0 Å². The molecule has 66 heavy (non-hydrogen) atoms. The fourth-order valence-electron chi connectivity index (χ4n) is 10.9. The molecule has 10 aromatic rings. The minimum atomic E-state index is -2.12. The van der Waals surface area contributed by atoms with Crippen LogP contribution in [0, 0.1) is 33.0 Å². The Bertz CT molecular complexity index is 3860. The van der Waals surface area contributed by atoms with E-state index in [0.29, 0.717) is 16.5 Å². The molecule has 4 aromatic heterocycles. The third kappa shape index (κ3) is 7.86. The average molecular weight is 877 g/mol. The summed E-state index contributed by atoms with van der Waals surface area (Å²) in [5.41, 5.74) is 12.2. The largest absolute Gasteiger partial charge is 0.456 e. The van der Waals surface area contributed by atoms with Gasteiger partial charge in [-0.15, -0.1) is 0 Å². The zero-order chi connectivity index (χ0) is 52.3. The number of hydrogen-bond donors (Lipinski definition) is 0. The molecule has 0 radical (unpaired) electrons. The van der Waals surface area contributed by atoms with Crippen LogP contribution in [0.5, 0.6) is 0 Å². The molecule has 12 rings (SSSR count). The fraction of sp³-hybridized carbons (Fsp3) is 0.323. The van der Waals surface area contributed by atoms with Crippen LogP contribution in [0.4, 0.5) is 0 Å². The molecule has 6 aromatic carbocycles. The number of pyridine rings is 2. The van der Waals surface area contributed by atoms with Crippen molar-refractivity contribution in [2.45, 2.75) is 111 Å². The molecule has 332 valence electrons. The Balaban J connectivity index is 0.000000159. The molecule has 4 heteroatoms. The van der Waals surface area contributed by atoms with Crippen LogP contribution in [0.3, 0.4) is 0 Å². The minimum Gasteiger partial charge on any atom is -0.456 e. The summed E-state index contributed by atoms with van der Waals surface area (Å²) in [5, 5.41) is 8.73. The lowest BCUT2D eigenvalue weighted by Crippen LogP contribution is -2.30. The van der Waals surface area contributed by atoms with Gasteiger partial charge in [0.25, 0.3) is 0 Å². The SMILES string of the molecule is [2H]C([2H])([2H])c1ccc(-c2cc3oc4cc5cc(C6([2H])CCC(C)(C)CC6)ccc5cc4c3c[n+]2C)c(C)c1.[2H]C([2H])([2H])c1ccc(-c2cc3oc4cc5cc(C6([2H])CCCCC6)ccc5cc4c3c[n+]2C)c(C)c1. The van der Waals surface area contributed by atoms with Crippen LogP contribution >= 0.6 is 0 Å². The van der Waals surface area contributed by atoms with Crippen molar-refractivity contribution in [2.75, 3.05) is 0 Å². The molecule has 0 unspecified atom stereocenters. The molecule has 0 saturated heterocycles. The van der Waals surface area contributed by atoms with E-state index in [-0.39, 0.29) is 0 Å². The second-order valence-electron chi connectivity index (χ2n) is 20.1. The standard InChI is InChI=1S/C32H34NO.C30H30NO/c1-20-6-9-26(21(2)14-20)29-18-31-28(19-33(29)5)27-16-24-8-7-23(15-25(24)17-30(27)34-31)22-10-12-32(3,4)13-11-22;1-19-9-12-25(20(2)13-19)28-17-30-27(18-31(28)3)26-15-23-11-10-22(21-7-5-4-6-8-21)14-24(23)16-29(26)32-30/h6-9,14-19,22H,10-13H2,1-5H3;9-18,21H,4-8H2,1-3H3/q2*+1/i1D3,22D;1D3,21D. The smallest absolute Gasteiger partial charge is 0.216 e. The second kappa shape index (κ2) is 16.6. The Hall–Kier alpha value is -6.26. The third-order valence-corrected chi connectivity index (χ3v) is 14.9. The van der Waals surface area contributed by atoms with Gasteiger partial charge in [-0.05, 0) is 163 Å². The van der Waals surface area contributed by atoms with E-state index in [1.54, 1.807) is 24.3 Å². The molecule has 2 aliphatic rings. The highest BCUT2D eigenvalue weighted by Gasteiger charge is 2.28. The summed E-state index contributed by atoms with van der Waals surface area (Å²) in [6.45, 7) is 4.28. The van der Waals surface area contributed by atoms with Gasteiger partial charge < -0.3 is 8.83 Å². The number of rotatable bonds is 4. The maximum atomic E-state index is 9.20. The second-order valence-corrected chi connectivity index (χ2v) is 20.1. The molecule has 0 atom stereocenters. The first kappa shape index (κ1) is 34.1. The molecule has 2 fully saturated rings. The van der Waals surface area contributed by atoms with Crippen molar-refractivity contribution >= 4 is 65.4 Å². The predicted octanol–water partition coefficient (Wildman–Crippen LogP) is 16.4. The maximum Gasteiger partial charge on any atom is 0.216 e. The van der Waals surface area contributed by atoms with Crippen LogP contribution < -0.4 is 9.13 Å². The minimum absolute atomic E-state index is 0.326. The van der Waals surface area contributed by atoms with E-state index >= 15 is 0 Å². The zero-order valence-corrected chi connectivity index (χ0v) is 39.1. The molecule has 0 aliphatic heterocycles. The Kier molecular flexibility index (Phi) is 8.56. The van der Waals surface area contributed by atoms with Gasteiger partial charge in [-0.25, -0.2) is 9.13 Å². The first-order valence-corrected chi connectivity index (χ1v) is 23.8. The van der Waals surface area contributed by atoms with E-state index in [2.05, 4.69) is 96.0 Å². The number of benzene rings is 6. The van der Waals surface area contributed by atoms with Crippen LogP contribution in [-0.2, 0) is 14.1 Å². The number of hydrogen-bond acceptors (Lipinski definition) is 2. The van der Waals surface area contributed by atoms with Crippen molar-refractivity contribution in [1.29, 1.82) is 0 Å². The molecule has 0 N–H and O–H groups in total. The number of nitrogens with zero attached hydrogens (tertiary/aromatic N) is 2. The Morgan fingerprint density at radius 1 is 0.500 bits per heavy atom. The number of aromatic nitrogens is 2. The lowest BCUT2D eigenvalue weighted by atomic mass is 9.71. The van der Waals surface area contributed by atoms with Gasteiger partial charge in [0.1, 0.15) is 36.4 Å². The summed E-state index contributed by atoms with van der Waals surface area (Å²) in [5.74, 6) is -1.01. The van der Waals surface area contributed by atoms with Crippen LogP contribution in [0.2, 0.25) is 0 Å². The molecule has 0 bridgehead atoms. The Labute approximate surface area is 401 Å². The highest BCUT2D eigenvalue weighted by Crippen LogP contribution is 2.44. The maximum absolute atomic E-state index is 9.20. The van der Waals surface area contributed by atoms with Gasteiger partial charge in [-0.3, -0.25) is 0 Å². The highest BCUT2D eigenvalue weighted by atomic mass is 16.3. The first-order valence-electron chi connectivity index (χ1n) is 27.8. The van der Waals surface area contributed by atoms with Crippen molar-refractivity contribution < 1.29 is 28.9 Å². The van der Waals surface area contributed by atoms with Crippen LogP contribution in [0.1, 0.15) is 128 Å². The number of fused-ring (bicyclic) bond motifs is 8. The first-order chi connectivity index (χ1) is 34.9. The zero-order valence-electron chi connectivity index (χ0n) is 47.1. The lowest BCUT2D eigenvalue weighted by molar-refractivity contribution is -0.659. The summed E-state index contributed by atoms with van der Waals surface area (Å²) in [7, 11) is 4.02. The van der Waals surface area contributed by atoms with E-state index in [9.17, 15) is 1.37 Å². The van der Waals surface area contributed by atoms with E-state index in [1.807, 2.05) is 52.2 Å². The van der Waals surface area contributed by atoms with E-state index in [4.69, 9.17) is 18.4 Å². The van der Waals surface area contributed by atoms with Crippen molar-refractivity contribution in [1.82, 2.24) is 0 Å². The van der Waals surface area contributed by atoms with Crippen LogP contribution in [0.15, 0.2) is 130 Å². The Morgan fingerprint density at radius 2 is 0.955 bits per heavy atom. The summed E-state index contributed by atoms with van der Waals surface area (Å²) in [6.07, 6.45) is 13.5. The summed E-state index contributed by atoms with van der Waals surface area (Å²) in [6, 6.07) is 36.3. The molecular weight excluding hydrogens is 805 g/mol. The molecule has 4 nitrogen and oxygen atoms in total. The highest BCUT2D eigenvalue weighted by molar-refractivity contribution is 6.11. The van der Waals surface area contributed by atoms with Crippen molar-refractivity contribution in [2.24, 2.45) is 19.5 Å². The van der Waals surface area contributed by atoms with Crippen molar-refractivity contribution in [3.63, 3.8) is 0 Å². The summed E-state index contributed by atoms with van der Waals surface area (Å²) < 4.78 is 81.4. The number of aryl methyl sites for hydroxylation is 6. The van der Waals surface area contributed by atoms with Gasteiger partial charge in [0.15, 0.2) is 12.4 Å². The van der Waals surface area contributed by atoms with Gasteiger partial charge in [-0.2, -0.15) is 0 Å². The van der Waals surface area contributed by atoms with E-state index in [1.165, 1.54) is 6.42 Å². The fourth-order valence-corrected chi connectivity index (χ4v) is 10.9. The van der Waals surface area contributed by atoms with Gasteiger partial charge in [0.2, 0.25) is 11.4 Å². The van der Waals surface area contributed by atoms with Crippen LogP contribution in [0.25, 0.3) is 87.9 Å². The van der Waals surface area contributed by atoms with Crippen molar-refractivity contribution in [3.05, 3.63) is 155 Å². The van der Waals surface area contributed by atoms with E-state index in [0.717, 1.165) is 162 Å². The molecule has 2 saturated carbocycles. The number of furan rings is 2. The third-order valence-electron chi connectivity index (χ3n) is 14.9. The predicted molar refractivity (Wildman–Crippen MR) is 275 cm³/mol. The topological polar surface area (TPSA) is 34.0 Å². The normalized spacial score (nSPS) is 19.1. The van der Waals surface area contributed by atoms with Gasteiger partial charge in [0.05, 0.1) is 22.9 Å². The average Bonchev–Trinajstić information content (AvgIpc) is 3.88. The summed E-state index contributed by atoms with van der Waals surface area (Å²) >= 11 is 0. The van der Waals surface area contributed by atoms with Gasteiger partial charge in [-0.1, -0.05) is 105 Å². The van der Waals surface area contributed by atoms with Crippen molar-refractivity contribution in [3.8, 4) is 22.5 Å². The molecule has 2 aliphatic carbocycles.